The van der Waals surface area contributed by atoms with Crippen molar-refractivity contribution in [3.63, 3.8) is 0 Å². The van der Waals surface area contributed by atoms with Crippen molar-refractivity contribution in [3.05, 3.63) is 48.0 Å². The van der Waals surface area contributed by atoms with Crippen molar-refractivity contribution in [2.75, 3.05) is 5.32 Å². The summed E-state index contributed by atoms with van der Waals surface area (Å²) in [6, 6.07) is 8.01. The number of hydrogen-bond acceptors (Lipinski definition) is 3. The van der Waals surface area contributed by atoms with E-state index < -0.39 is 0 Å². The third-order valence-corrected chi connectivity index (χ3v) is 2.89. The molecule has 0 atom stereocenters. The maximum atomic E-state index is 5.39. The molecule has 4 nitrogen and oxygen atoms in total. The zero-order valence-corrected chi connectivity index (χ0v) is 9.53. The van der Waals surface area contributed by atoms with Crippen LogP contribution >= 0.6 is 0 Å². The molecule has 2 heterocycles. The summed E-state index contributed by atoms with van der Waals surface area (Å²) < 4.78 is 5.39. The van der Waals surface area contributed by atoms with Gasteiger partial charge in [-0.25, -0.2) is 0 Å². The van der Waals surface area contributed by atoms with Gasteiger partial charge in [0.1, 0.15) is 5.76 Å². The van der Waals surface area contributed by atoms with Crippen LogP contribution in [0, 0.1) is 6.92 Å². The number of nitrogens with one attached hydrogen (secondary N) is 2. The first-order valence-corrected chi connectivity index (χ1v) is 5.53. The number of hydrogen-bond donors (Lipinski definition) is 2. The fraction of sp³-hybridized carbons (Fsp3) is 0.154. The monoisotopic (exact) mass is 227 g/mol. The molecule has 0 aliphatic rings. The average Bonchev–Trinajstić information content (AvgIpc) is 2.95. The lowest BCUT2D eigenvalue weighted by atomic mass is 10.2. The molecule has 3 rings (SSSR count). The van der Waals surface area contributed by atoms with Gasteiger partial charge in [-0.2, -0.15) is 5.10 Å². The number of aryl methyl sites for hydroxylation is 1. The van der Waals surface area contributed by atoms with Gasteiger partial charge in [-0.1, -0.05) is 6.07 Å². The fourth-order valence-electron chi connectivity index (χ4n) is 1.88. The number of rotatable bonds is 3. The summed E-state index contributed by atoms with van der Waals surface area (Å²) in [6.45, 7) is 2.72. The van der Waals surface area contributed by atoms with Gasteiger partial charge in [0.15, 0.2) is 0 Å². The predicted molar refractivity (Wildman–Crippen MR) is 66.9 cm³/mol. The van der Waals surface area contributed by atoms with E-state index in [-0.39, 0.29) is 0 Å². The molecule has 2 N–H and O–H groups in total. The molecule has 3 aromatic rings. The lowest BCUT2D eigenvalue weighted by molar-refractivity contribution is 0.515. The zero-order chi connectivity index (χ0) is 11.7. The van der Waals surface area contributed by atoms with E-state index in [0.29, 0.717) is 6.54 Å². The number of nitrogens with zero attached hydrogens (tertiary/aromatic N) is 1. The molecule has 0 saturated heterocycles. The Morgan fingerprint density at radius 2 is 2.29 bits per heavy atom. The third-order valence-electron chi connectivity index (χ3n) is 2.89. The fourth-order valence-corrected chi connectivity index (χ4v) is 1.88. The molecule has 0 radical (unpaired) electrons. The van der Waals surface area contributed by atoms with Crippen molar-refractivity contribution in [3.8, 4) is 0 Å². The predicted octanol–water partition coefficient (Wildman–Crippen LogP) is 3.08. The van der Waals surface area contributed by atoms with Crippen molar-refractivity contribution < 1.29 is 4.42 Å². The minimum atomic E-state index is 0.684. The number of aromatic amines is 1. The van der Waals surface area contributed by atoms with Crippen LogP contribution in [0.25, 0.3) is 10.9 Å². The molecule has 2 aromatic heterocycles. The largest absolute Gasteiger partial charge is 0.467 e. The molecular formula is C13H13N3O. The van der Waals surface area contributed by atoms with Crippen LogP contribution < -0.4 is 5.32 Å². The molecule has 86 valence electrons. The van der Waals surface area contributed by atoms with Gasteiger partial charge in [-0.15, -0.1) is 0 Å². The van der Waals surface area contributed by atoms with Gasteiger partial charge in [0, 0.05) is 11.1 Å². The highest BCUT2D eigenvalue weighted by atomic mass is 16.3. The minimum absolute atomic E-state index is 0.684. The molecule has 0 aliphatic carbocycles. The topological polar surface area (TPSA) is 53.9 Å². The van der Waals surface area contributed by atoms with Crippen molar-refractivity contribution in [1.29, 1.82) is 0 Å². The summed E-state index contributed by atoms with van der Waals surface area (Å²) in [6.07, 6.45) is 3.54. The van der Waals surface area contributed by atoms with Crippen molar-refractivity contribution in [1.82, 2.24) is 10.2 Å². The van der Waals surface area contributed by atoms with Crippen LogP contribution in [0.3, 0.4) is 0 Å². The molecule has 1 aromatic carbocycles. The normalized spacial score (nSPS) is 10.9. The van der Waals surface area contributed by atoms with E-state index >= 15 is 0 Å². The second-order valence-corrected chi connectivity index (χ2v) is 4.02. The number of furan rings is 1. The Balaban J connectivity index is 1.86. The molecule has 0 unspecified atom stereocenters. The second kappa shape index (κ2) is 3.97. The van der Waals surface area contributed by atoms with Gasteiger partial charge in [0.2, 0.25) is 0 Å². The summed E-state index contributed by atoms with van der Waals surface area (Å²) in [4.78, 5) is 0. The van der Waals surface area contributed by atoms with Crippen LogP contribution in [0.15, 0.2) is 41.1 Å². The van der Waals surface area contributed by atoms with Gasteiger partial charge >= 0.3 is 0 Å². The first-order chi connectivity index (χ1) is 8.34. The summed E-state index contributed by atoms with van der Waals surface area (Å²) in [7, 11) is 0. The smallest absolute Gasteiger partial charge is 0.125 e. The maximum Gasteiger partial charge on any atom is 0.125 e. The Bertz CT molecular complexity index is 639. The van der Waals surface area contributed by atoms with Crippen molar-refractivity contribution in [2.45, 2.75) is 13.5 Å². The molecule has 4 heteroatoms. The van der Waals surface area contributed by atoms with Crippen LogP contribution in [-0.2, 0) is 6.54 Å². The first-order valence-electron chi connectivity index (χ1n) is 5.53. The highest BCUT2D eigenvalue weighted by molar-refractivity contribution is 5.90. The number of H-pyrrole nitrogens is 1. The Morgan fingerprint density at radius 1 is 1.35 bits per heavy atom. The summed E-state index contributed by atoms with van der Waals surface area (Å²) >= 11 is 0. The molecule has 17 heavy (non-hydrogen) atoms. The minimum Gasteiger partial charge on any atom is -0.467 e. The molecular weight excluding hydrogens is 214 g/mol. The van der Waals surface area contributed by atoms with Gasteiger partial charge in [0.05, 0.1) is 24.5 Å². The molecule has 0 amide bonds. The quantitative estimate of drug-likeness (QED) is 0.723. The molecule has 0 saturated carbocycles. The zero-order valence-electron chi connectivity index (χ0n) is 9.53. The van der Waals surface area contributed by atoms with Crippen LogP contribution in [0.2, 0.25) is 0 Å². The Kier molecular flexibility index (Phi) is 2.33. The maximum absolute atomic E-state index is 5.39. The number of benzene rings is 1. The third kappa shape index (κ3) is 1.78. The van der Waals surface area contributed by atoms with Crippen LogP contribution in [0.1, 0.15) is 11.3 Å². The molecule has 0 fully saturated rings. The lowest BCUT2D eigenvalue weighted by Crippen LogP contribution is -1.99. The Hall–Kier alpha value is -2.23. The van der Waals surface area contributed by atoms with E-state index in [1.165, 1.54) is 0 Å². The van der Waals surface area contributed by atoms with E-state index in [4.69, 9.17) is 4.42 Å². The second-order valence-electron chi connectivity index (χ2n) is 4.02. The summed E-state index contributed by atoms with van der Waals surface area (Å²) in [5.74, 6) is 0.963. The SMILES string of the molecule is Cc1ccoc1CNc1cccc2[nH]ncc12. The molecule has 0 aliphatic heterocycles. The van der Waals surface area contributed by atoms with Crippen LogP contribution in [-0.4, -0.2) is 10.2 Å². The van der Waals surface area contributed by atoms with Gasteiger partial charge < -0.3 is 9.73 Å². The van der Waals surface area contributed by atoms with E-state index in [2.05, 4.69) is 15.5 Å². The van der Waals surface area contributed by atoms with E-state index in [0.717, 1.165) is 27.9 Å². The summed E-state index contributed by atoms with van der Waals surface area (Å²) in [5.41, 5.74) is 3.26. The highest BCUT2D eigenvalue weighted by Gasteiger charge is 2.04. The van der Waals surface area contributed by atoms with Gasteiger partial charge in [0.25, 0.3) is 0 Å². The molecule has 0 spiro atoms. The van der Waals surface area contributed by atoms with E-state index in [1.807, 2.05) is 37.4 Å². The van der Waals surface area contributed by atoms with Gasteiger partial charge in [-0.05, 0) is 30.7 Å². The van der Waals surface area contributed by atoms with E-state index in [1.54, 1.807) is 6.26 Å². The van der Waals surface area contributed by atoms with Crippen molar-refractivity contribution in [2.24, 2.45) is 0 Å². The van der Waals surface area contributed by atoms with Crippen LogP contribution in [0.4, 0.5) is 5.69 Å². The Morgan fingerprint density at radius 3 is 3.12 bits per heavy atom. The van der Waals surface area contributed by atoms with E-state index in [9.17, 15) is 0 Å². The van der Waals surface area contributed by atoms with Crippen molar-refractivity contribution >= 4 is 16.6 Å². The number of aromatic nitrogens is 2. The first kappa shape index (κ1) is 9.96. The number of fused-ring (bicyclic) bond motifs is 1. The van der Waals surface area contributed by atoms with Gasteiger partial charge in [-0.3, -0.25) is 5.10 Å². The number of anilines is 1. The lowest BCUT2D eigenvalue weighted by Gasteiger charge is -2.06. The summed E-state index contributed by atoms with van der Waals surface area (Å²) in [5, 5.41) is 11.4. The van der Waals surface area contributed by atoms with Crippen LogP contribution in [0.5, 0.6) is 0 Å². The highest BCUT2D eigenvalue weighted by Crippen LogP contribution is 2.22. The average molecular weight is 227 g/mol. The standard InChI is InChI=1S/C13H13N3O/c1-9-5-6-17-13(9)8-14-11-3-2-4-12-10(11)7-15-16-12/h2-7,14H,8H2,1H3,(H,15,16). The Labute approximate surface area is 98.6 Å². The molecule has 0 bridgehead atoms.